The highest BCUT2D eigenvalue weighted by atomic mass is 35.5. The monoisotopic (exact) mass is 424 g/mol. The summed E-state index contributed by atoms with van der Waals surface area (Å²) in [6.45, 7) is 1.55. The molecule has 0 aliphatic carbocycles. The predicted octanol–water partition coefficient (Wildman–Crippen LogP) is 4.39. The van der Waals surface area contributed by atoms with Crippen LogP contribution in [0.15, 0.2) is 29.9 Å². The third-order valence-corrected chi connectivity index (χ3v) is 5.30. The fourth-order valence-electron chi connectivity index (χ4n) is 2.74. The molecule has 2 aromatic rings. The van der Waals surface area contributed by atoms with E-state index in [0.717, 1.165) is 12.8 Å². The molecule has 8 heteroatoms. The zero-order chi connectivity index (χ0) is 20.5. The van der Waals surface area contributed by atoms with Gasteiger partial charge in [0.2, 0.25) is 0 Å². The zero-order valence-corrected chi connectivity index (χ0v) is 17.1. The smallest absolute Gasteiger partial charge is 0.263 e. The maximum atomic E-state index is 13.3. The number of rotatable bonds is 11. The minimum atomic E-state index is -0.671. The van der Waals surface area contributed by atoms with Crippen molar-refractivity contribution in [2.75, 3.05) is 0 Å². The Bertz CT molecular complexity index is 827. The number of hydrogen-bond acceptors (Lipinski definition) is 5. The third-order valence-electron chi connectivity index (χ3n) is 4.23. The van der Waals surface area contributed by atoms with Crippen LogP contribution in [0.2, 0.25) is 5.02 Å². The van der Waals surface area contributed by atoms with Gasteiger partial charge in [0.15, 0.2) is 5.78 Å². The Morgan fingerprint density at radius 2 is 2.04 bits per heavy atom. The van der Waals surface area contributed by atoms with Crippen LogP contribution in [-0.2, 0) is 16.0 Å². The molecule has 0 saturated heterocycles. The normalized spacial score (nSPS) is 11.8. The molecule has 0 bridgehead atoms. The number of carbonyl (C=O) groups excluding carboxylic acids is 3. The summed E-state index contributed by atoms with van der Waals surface area (Å²) in [6, 6.07) is 3.48. The first-order chi connectivity index (χ1) is 13.4. The number of nitrogens with zero attached hydrogens (tertiary/aromatic N) is 1. The van der Waals surface area contributed by atoms with Gasteiger partial charge in [-0.25, -0.2) is 4.39 Å². The quantitative estimate of drug-likeness (QED) is 0.543. The van der Waals surface area contributed by atoms with Gasteiger partial charge >= 0.3 is 0 Å². The van der Waals surface area contributed by atoms with Crippen LogP contribution in [0.25, 0.3) is 0 Å². The van der Waals surface area contributed by atoms with Crippen molar-refractivity contribution in [1.29, 1.82) is 0 Å². The Morgan fingerprint density at radius 3 is 2.68 bits per heavy atom. The number of aromatic nitrogens is 1. The number of benzene rings is 1. The van der Waals surface area contributed by atoms with E-state index < -0.39 is 11.9 Å². The average Bonchev–Trinajstić information content (AvgIpc) is 3.18. The van der Waals surface area contributed by atoms with Gasteiger partial charge in [-0.05, 0) is 37.5 Å². The van der Waals surface area contributed by atoms with Crippen molar-refractivity contribution >= 4 is 40.4 Å². The standard InChI is InChI=1S/C20H22ClFN2O3S/c1-13(25)5-3-2-4-6-17(24-20(27)19-11-23-12-28-19)18(26)10-14-7-8-16(22)15(21)9-14/h7-9,11-12,17H,2-6,10H2,1H3,(H,24,27)/t17-/m0/s1. The number of Topliss-reactive ketones (excluding diaryl/α,β-unsaturated/α-hetero) is 2. The highest BCUT2D eigenvalue weighted by Gasteiger charge is 2.22. The van der Waals surface area contributed by atoms with Gasteiger partial charge in [0.1, 0.15) is 16.5 Å². The van der Waals surface area contributed by atoms with Crippen molar-refractivity contribution in [2.24, 2.45) is 0 Å². The Hall–Kier alpha value is -2.12. The maximum Gasteiger partial charge on any atom is 0.263 e. The van der Waals surface area contributed by atoms with Crippen LogP contribution in [0, 0.1) is 5.82 Å². The van der Waals surface area contributed by atoms with Crippen molar-refractivity contribution in [3.05, 3.63) is 51.2 Å². The number of unbranched alkanes of at least 4 members (excludes halogenated alkanes) is 2. The van der Waals surface area contributed by atoms with Crippen LogP contribution in [0.4, 0.5) is 4.39 Å². The molecule has 0 fully saturated rings. The summed E-state index contributed by atoms with van der Waals surface area (Å²) in [7, 11) is 0. The highest BCUT2D eigenvalue weighted by molar-refractivity contribution is 7.11. The fourth-order valence-corrected chi connectivity index (χ4v) is 3.47. The van der Waals surface area contributed by atoms with Crippen LogP contribution in [0.5, 0.6) is 0 Å². The molecule has 0 aliphatic rings. The Balaban J connectivity index is 2.00. The number of hydrogen-bond donors (Lipinski definition) is 1. The first-order valence-corrected chi connectivity index (χ1v) is 10.3. The van der Waals surface area contributed by atoms with E-state index in [0.29, 0.717) is 29.7 Å². The Kier molecular flexibility index (Phi) is 8.73. The van der Waals surface area contributed by atoms with Crippen molar-refractivity contribution in [2.45, 2.75) is 51.5 Å². The van der Waals surface area contributed by atoms with Crippen LogP contribution in [-0.4, -0.2) is 28.5 Å². The molecule has 0 radical (unpaired) electrons. The van der Waals surface area contributed by atoms with Crippen molar-refractivity contribution in [3.63, 3.8) is 0 Å². The minimum Gasteiger partial charge on any atom is -0.341 e. The van der Waals surface area contributed by atoms with Gasteiger partial charge in [-0.2, -0.15) is 0 Å². The van der Waals surface area contributed by atoms with Crippen molar-refractivity contribution in [3.8, 4) is 0 Å². The highest BCUT2D eigenvalue weighted by Crippen LogP contribution is 2.18. The van der Waals surface area contributed by atoms with Gasteiger partial charge in [-0.3, -0.25) is 14.6 Å². The topological polar surface area (TPSA) is 76.1 Å². The number of ketones is 2. The fraction of sp³-hybridized carbons (Fsp3) is 0.400. The molecule has 1 amide bonds. The minimum absolute atomic E-state index is 0.0419. The van der Waals surface area contributed by atoms with Gasteiger partial charge in [-0.1, -0.05) is 30.5 Å². The van der Waals surface area contributed by atoms with E-state index in [1.807, 2.05) is 0 Å². The molecule has 0 aliphatic heterocycles. The molecule has 0 spiro atoms. The Labute approximate surface area is 172 Å². The van der Waals surface area contributed by atoms with Gasteiger partial charge in [-0.15, -0.1) is 11.3 Å². The SMILES string of the molecule is CC(=O)CCCCC[C@H](NC(=O)c1cncs1)C(=O)Cc1ccc(F)c(Cl)c1. The van der Waals surface area contributed by atoms with Gasteiger partial charge < -0.3 is 10.1 Å². The molecule has 1 aromatic carbocycles. The summed E-state index contributed by atoms with van der Waals surface area (Å²) < 4.78 is 13.3. The summed E-state index contributed by atoms with van der Waals surface area (Å²) in [5.41, 5.74) is 2.14. The molecule has 2 rings (SSSR count). The number of amides is 1. The van der Waals surface area contributed by atoms with Crippen LogP contribution in [0.3, 0.4) is 0 Å². The number of carbonyl (C=O) groups is 3. The van der Waals surface area contributed by atoms with Crippen molar-refractivity contribution < 1.29 is 18.8 Å². The average molecular weight is 425 g/mol. The molecule has 1 N–H and O–H groups in total. The van der Waals surface area contributed by atoms with Crippen LogP contribution in [0.1, 0.15) is 54.3 Å². The van der Waals surface area contributed by atoms with Crippen LogP contribution >= 0.6 is 22.9 Å². The predicted molar refractivity (Wildman–Crippen MR) is 107 cm³/mol. The molecule has 1 heterocycles. The molecule has 28 heavy (non-hydrogen) atoms. The van der Waals surface area contributed by atoms with Crippen molar-refractivity contribution in [1.82, 2.24) is 10.3 Å². The molecule has 0 saturated carbocycles. The van der Waals surface area contributed by atoms with E-state index in [4.69, 9.17) is 11.6 Å². The van der Waals surface area contributed by atoms with E-state index in [9.17, 15) is 18.8 Å². The van der Waals surface area contributed by atoms with Gasteiger partial charge in [0.05, 0.1) is 22.8 Å². The molecule has 0 unspecified atom stereocenters. The third kappa shape index (κ3) is 7.13. The summed E-state index contributed by atoms with van der Waals surface area (Å²) in [6.07, 6.45) is 4.73. The van der Waals surface area contributed by atoms with Crippen LogP contribution < -0.4 is 5.32 Å². The molecular formula is C20H22ClFN2O3S. The number of halogens is 2. The zero-order valence-electron chi connectivity index (χ0n) is 15.5. The lowest BCUT2D eigenvalue weighted by Crippen LogP contribution is -2.41. The van der Waals surface area contributed by atoms with E-state index in [1.165, 1.54) is 35.7 Å². The molecule has 150 valence electrons. The first-order valence-electron chi connectivity index (χ1n) is 9.02. The summed E-state index contributed by atoms with van der Waals surface area (Å²) in [5.74, 6) is -0.925. The van der Waals surface area contributed by atoms with Gasteiger partial charge in [0.25, 0.3) is 5.91 Å². The maximum absolute atomic E-state index is 13.3. The second-order valence-corrected chi connectivity index (χ2v) is 7.88. The summed E-state index contributed by atoms with van der Waals surface area (Å²) in [4.78, 5) is 40.4. The lowest BCUT2D eigenvalue weighted by molar-refractivity contribution is -0.120. The molecular weight excluding hydrogens is 403 g/mol. The molecule has 1 atom stereocenters. The van der Waals surface area contributed by atoms with E-state index >= 15 is 0 Å². The summed E-state index contributed by atoms with van der Waals surface area (Å²) >= 11 is 6.98. The second-order valence-electron chi connectivity index (χ2n) is 6.58. The Morgan fingerprint density at radius 1 is 1.25 bits per heavy atom. The largest absolute Gasteiger partial charge is 0.341 e. The molecule has 5 nitrogen and oxygen atoms in total. The second kappa shape index (κ2) is 11.0. The van der Waals surface area contributed by atoms with E-state index in [-0.39, 0.29) is 28.9 Å². The lowest BCUT2D eigenvalue weighted by atomic mass is 9.98. The number of thiazole rings is 1. The first kappa shape index (κ1) is 22.2. The number of nitrogens with one attached hydrogen (secondary N) is 1. The lowest BCUT2D eigenvalue weighted by Gasteiger charge is -2.17. The molecule has 1 aromatic heterocycles. The van der Waals surface area contributed by atoms with Gasteiger partial charge in [0, 0.05) is 12.8 Å². The van der Waals surface area contributed by atoms with E-state index in [2.05, 4.69) is 10.3 Å². The summed E-state index contributed by atoms with van der Waals surface area (Å²) in [5, 5.41) is 2.73. The van der Waals surface area contributed by atoms with E-state index in [1.54, 1.807) is 12.4 Å².